The van der Waals surface area contributed by atoms with E-state index in [1.54, 1.807) is 0 Å². The van der Waals surface area contributed by atoms with E-state index in [1.807, 2.05) is 0 Å². The maximum Gasteiger partial charge on any atom is 2.00 e. The molecule has 0 saturated carbocycles. The van der Waals surface area contributed by atoms with Gasteiger partial charge in [0.15, 0.2) is 0 Å². The summed E-state index contributed by atoms with van der Waals surface area (Å²) in [6.45, 7) is 13.3. The molecule has 0 heterocycles. The smallest absolute Gasteiger partial charge is 0.411 e. The molecule has 0 fully saturated rings. The molecule has 0 aromatic carbocycles. The van der Waals surface area contributed by atoms with Crippen LogP contribution < -0.4 is 21.3 Å². The van der Waals surface area contributed by atoms with Crippen molar-refractivity contribution >= 4 is 117 Å². The van der Waals surface area contributed by atoms with Crippen LogP contribution in [0.25, 0.3) is 0 Å². The Labute approximate surface area is 223 Å². The minimum absolute atomic E-state index is 0. The maximum atomic E-state index is 4.43. The molecule has 141 valence electrons. The summed E-state index contributed by atoms with van der Waals surface area (Å²) in [7, 11) is 0. The molecule has 0 aliphatic heterocycles. The molecule has 26 heavy (non-hydrogen) atoms. The van der Waals surface area contributed by atoms with Gasteiger partial charge in [0, 0.05) is 0 Å². The standard InChI is InChI=1S/4C3H5NS2.Mn.Zn/c4*1-2-4-3(5)6;;/h4*2H,1H2,(H2,4,5,6);;/q;;;;2*+2/p-4. The number of nitrogens with one attached hydrogen (secondary N) is 4. The third-order valence-corrected chi connectivity index (χ3v) is 1.82. The van der Waals surface area contributed by atoms with Gasteiger partial charge in [-0.15, -0.1) is 0 Å². The van der Waals surface area contributed by atoms with Crippen molar-refractivity contribution in [3.05, 3.63) is 51.1 Å². The summed E-state index contributed by atoms with van der Waals surface area (Å²) in [5.41, 5.74) is 0. The third kappa shape index (κ3) is 86.5. The second kappa shape index (κ2) is 36.5. The van der Waals surface area contributed by atoms with Crippen molar-refractivity contribution in [2.24, 2.45) is 0 Å². The van der Waals surface area contributed by atoms with Crippen LogP contribution >= 0.6 is 48.9 Å². The Hall–Kier alpha value is 0.543. The van der Waals surface area contributed by atoms with E-state index in [0.29, 0.717) is 17.3 Å². The molecule has 0 saturated heterocycles. The molecule has 4 N–H and O–H groups in total. The van der Waals surface area contributed by atoms with Gasteiger partial charge in [-0.3, -0.25) is 0 Å². The summed E-state index contributed by atoms with van der Waals surface area (Å²) >= 11 is 35.4. The molecular formula is C12H16MnN4S8Zn. The maximum absolute atomic E-state index is 4.43. The van der Waals surface area contributed by atoms with Crippen LogP contribution in [-0.2, 0) is 87.1 Å². The van der Waals surface area contributed by atoms with E-state index in [0.717, 1.165) is 0 Å². The Morgan fingerprint density at radius 3 is 0.654 bits per heavy atom. The fourth-order valence-corrected chi connectivity index (χ4v) is 1.000. The van der Waals surface area contributed by atoms with Crippen LogP contribution in [0, 0.1) is 0 Å². The Morgan fingerprint density at radius 1 is 0.538 bits per heavy atom. The Bertz CT molecular complexity index is 369. The molecule has 0 aromatic heterocycles. The van der Waals surface area contributed by atoms with Gasteiger partial charge < -0.3 is 121 Å². The molecule has 0 spiro atoms. The number of rotatable bonds is 4. The molecule has 0 aromatic rings. The normalized spacial score (nSPS) is 6.15. The summed E-state index contributed by atoms with van der Waals surface area (Å²) in [6.07, 6.45) is 5.81. The Morgan fingerprint density at radius 2 is 0.654 bits per heavy atom. The van der Waals surface area contributed by atoms with Crippen molar-refractivity contribution < 1.29 is 36.5 Å². The molecule has 0 aliphatic carbocycles. The van der Waals surface area contributed by atoms with Gasteiger partial charge in [-0.05, 0) is 24.8 Å². The Balaban J connectivity index is -0.0000000500. The molecule has 0 amide bonds. The number of hydrogen-bond acceptors (Lipinski definition) is 8. The van der Waals surface area contributed by atoms with E-state index >= 15 is 0 Å². The molecule has 1 radical (unpaired) electrons. The second-order valence-corrected chi connectivity index (χ2v) is 6.84. The van der Waals surface area contributed by atoms with Crippen molar-refractivity contribution in [1.29, 1.82) is 0 Å². The third-order valence-electron chi connectivity index (χ3n) is 0.880. The molecular weight excluding hydrogens is 577 g/mol. The van der Waals surface area contributed by atoms with Crippen LogP contribution in [0.1, 0.15) is 0 Å². The minimum atomic E-state index is 0. The van der Waals surface area contributed by atoms with Crippen molar-refractivity contribution in [3.8, 4) is 0 Å². The first-order valence-electron chi connectivity index (χ1n) is 5.42. The van der Waals surface area contributed by atoms with Crippen LogP contribution in [-0.4, -0.2) is 17.3 Å². The average Bonchev–Trinajstić information content (AvgIpc) is 2.39. The summed E-state index contributed by atoms with van der Waals surface area (Å²) in [5, 5.41) is 10.1. The van der Waals surface area contributed by atoms with Gasteiger partial charge in [-0.2, -0.15) is 0 Å². The summed E-state index contributed by atoms with van der Waals surface area (Å²) in [6, 6.07) is 0. The van der Waals surface area contributed by atoms with Crippen LogP contribution in [0.4, 0.5) is 0 Å². The molecule has 14 heteroatoms. The first kappa shape index (κ1) is 41.0. The zero-order valence-electron chi connectivity index (χ0n) is 13.5. The second-order valence-electron chi connectivity index (χ2n) is 2.54. The van der Waals surface area contributed by atoms with Crippen molar-refractivity contribution in [2.75, 3.05) is 0 Å². The monoisotopic (exact) mass is 591 g/mol. The predicted octanol–water partition coefficient (Wildman–Crippen LogP) is 2.20. The first-order chi connectivity index (χ1) is 11.1. The minimum Gasteiger partial charge on any atom is -0.411 e. The largest absolute Gasteiger partial charge is 2.00 e. The summed E-state index contributed by atoms with van der Waals surface area (Å²) in [5.74, 6) is 0. The predicted molar refractivity (Wildman–Crippen MR) is 133 cm³/mol. The van der Waals surface area contributed by atoms with Gasteiger partial charge in [-0.1, -0.05) is 43.6 Å². The van der Waals surface area contributed by atoms with Gasteiger partial charge in [0.25, 0.3) is 0 Å². The SMILES string of the molecule is C=CNC(=S)[S-].C=CNC(=S)[S-].C=CNC(=S)[S-].C=CNC(=S)[S-].[Mn+2].[Zn+2]. The van der Waals surface area contributed by atoms with Crippen LogP contribution in [0.3, 0.4) is 0 Å². The number of hydrogen-bond donors (Lipinski definition) is 4. The molecule has 4 nitrogen and oxygen atoms in total. The van der Waals surface area contributed by atoms with Gasteiger partial charge in [0.1, 0.15) is 0 Å². The molecule has 0 bridgehead atoms. The van der Waals surface area contributed by atoms with E-state index in [9.17, 15) is 0 Å². The van der Waals surface area contributed by atoms with E-state index in [4.69, 9.17) is 0 Å². The molecule has 0 rings (SSSR count). The van der Waals surface area contributed by atoms with Gasteiger partial charge in [-0.25, -0.2) is 0 Å². The molecule has 0 unspecified atom stereocenters. The van der Waals surface area contributed by atoms with Gasteiger partial charge in [0.2, 0.25) is 0 Å². The first-order valence-corrected chi connectivity index (χ1v) is 8.69. The van der Waals surface area contributed by atoms with Crippen molar-refractivity contribution in [2.45, 2.75) is 0 Å². The topological polar surface area (TPSA) is 48.1 Å². The van der Waals surface area contributed by atoms with E-state index in [1.165, 1.54) is 24.8 Å². The van der Waals surface area contributed by atoms with Crippen LogP contribution in [0.15, 0.2) is 51.1 Å². The van der Waals surface area contributed by atoms with E-state index in [-0.39, 0.29) is 36.5 Å². The van der Waals surface area contributed by atoms with Crippen LogP contribution in [0.2, 0.25) is 0 Å². The quantitative estimate of drug-likeness (QED) is 0.220. The van der Waals surface area contributed by atoms with E-state index in [2.05, 4.69) is 147 Å². The molecule has 0 aliphatic rings. The van der Waals surface area contributed by atoms with Gasteiger partial charge in [0.05, 0.1) is 0 Å². The fraction of sp³-hybridized carbons (Fsp3) is 0. The average molecular weight is 593 g/mol. The zero-order chi connectivity index (χ0) is 20.0. The van der Waals surface area contributed by atoms with Crippen LogP contribution in [0.5, 0.6) is 0 Å². The summed E-state index contributed by atoms with van der Waals surface area (Å²) < 4.78 is 1.35. The summed E-state index contributed by atoms with van der Waals surface area (Å²) in [4.78, 5) is 0. The van der Waals surface area contributed by atoms with Crippen molar-refractivity contribution in [3.63, 3.8) is 0 Å². The van der Waals surface area contributed by atoms with E-state index < -0.39 is 0 Å². The van der Waals surface area contributed by atoms with Crippen molar-refractivity contribution in [1.82, 2.24) is 21.3 Å². The molecule has 0 atom stereocenters. The zero-order valence-corrected chi connectivity index (χ0v) is 24.2. The number of thiocarbonyl (C=S) groups is 4. The fourth-order valence-electron chi connectivity index (χ4n) is 0.333. The Kier molecular flexibility index (Phi) is 57.5. The van der Waals surface area contributed by atoms with Gasteiger partial charge >= 0.3 is 36.5 Å².